The van der Waals surface area contributed by atoms with Crippen molar-refractivity contribution in [2.75, 3.05) is 0 Å². The number of imidazole rings is 1. The van der Waals surface area contributed by atoms with Crippen LogP contribution in [0.1, 0.15) is 24.4 Å². The van der Waals surface area contributed by atoms with E-state index in [2.05, 4.69) is 32.5 Å². The normalized spacial score (nSPS) is 12.5. The summed E-state index contributed by atoms with van der Waals surface area (Å²) in [6.07, 6.45) is 9.99. The third-order valence-electron chi connectivity index (χ3n) is 3.25. The van der Waals surface area contributed by atoms with Crippen LogP contribution in [0.4, 0.5) is 0 Å². The summed E-state index contributed by atoms with van der Waals surface area (Å²) in [4.78, 5) is 12.9. The lowest BCUT2D eigenvalue weighted by Crippen LogP contribution is -2.09. The van der Waals surface area contributed by atoms with Crippen molar-refractivity contribution in [2.24, 2.45) is 0 Å². The Labute approximate surface area is 117 Å². The third kappa shape index (κ3) is 2.47. The van der Waals surface area contributed by atoms with E-state index in [1.54, 1.807) is 18.7 Å². The molecule has 0 bridgehead atoms. The lowest BCUT2D eigenvalue weighted by Gasteiger charge is -2.15. The standard InChI is InChI=1S/C15H16N4O/c1-11(8-13-4-3-5-16-9-13)19-7-6-17-15(19)14-10-20-12(2)18-14/h3-7,9-11H,8H2,1-2H3. The van der Waals surface area contributed by atoms with Crippen LogP contribution in [0.15, 0.2) is 47.6 Å². The Morgan fingerprint density at radius 1 is 1.35 bits per heavy atom. The first kappa shape index (κ1) is 12.6. The third-order valence-corrected chi connectivity index (χ3v) is 3.25. The molecule has 0 aliphatic rings. The van der Waals surface area contributed by atoms with Gasteiger partial charge in [0, 0.05) is 37.8 Å². The number of nitrogens with zero attached hydrogens (tertiary/aromatic N) is 4. The molecule has 0 N–H and O–H groups in total. The highest BCUT2D eigenvalue weighted by Crippen LogP contribution is 2.22. The van der Waals surface area contributed by atoms with E-state index < -0.39 is 0 Å². The van der Waals surface area contributed by atoms with Crippen molar-refractivity contribution >= 4 is 0 Å². The van der Waals surface area contributed by atoms with Crippen LogP contribution in [0, 0.1) is 6.92 Å². The molecule has 0 saturated heterocycles. The average molecular weight is 268 g/mol. The second kappa shape index (κ2) is 5.28. The van der Waals surface area contributed by atoms with Crippen LogP contribution in [-0.2, 0) is 6.42 Å². The number of hydrogen-bond donors (Lipinski definition) is 0. The van der Waals surface area contributed by atoms with E-state index in [1.807, 2.05) is 25.4 Å². The van der Waals surface area contributed by atoms with Crippen molar-refractivity contribution < 1.29 is 4.42 Å². The molecule has 3 aromatic rings. The maximum absolute atomic E-state index is 5.27. The highest BCUT2D eigenvalue weighted by molar-refractivity contribution is 5.48. The molecule has 0 spiro atoms. The Morgan fingerprint density at radius 2 is 2.25 bits per heavy atom. The first-order valence-electron chi connectivity index (χ1n) is 6.58. The van der Waals surface area contributed by atoms with Crippen LogP contribution < -0.4 is 0 Å². The van der Waals surface area contributed by atoms with Gasteiger partial charge in [-0.1, -0.05) is 6.07 Å². The first-order chi connectivity index (χ1) is 9.74. The lowest BCUT2D eigenvalue weighted by molar-refractivity contribution is 0.521. The Bertz CT molecular complexity index is 687. The van der Waals surface area contributed by atoms with Crippen LogP contribution in [0.25, 0.3) is 11.5 Å². The number of aryl methyl sites for hydroxylation is 1. The minimum Gasteiger partial charge on any atom is -0.449 e. The Kier molecular flexibility index (Phi) is 3.33. The quantitative estimate of drug-likeness (QED) is 0.729. The summed E-state index contributed by atoms with van der Waals surface area (Å²) in [6, 6.07) is 4.31. The van der Waals surface area contributed by atoms with E-state index in [-0.39, 0.29) is 6.04 Å². The highest BCUT2D eigenvalue weighted by atomic mass is 16.3. The molecular formula is C15H16N4O. The predicted molar refractivity (Wildman–Crippen MR) is 75.1 cm³/mol. The average Bonchev–Trinajstić information content (AvgIpc) is 3.08. The molecule has 0 fully saturated rings. The van der Waals surface area contributed by atoms with Crippen molar-refractivity contribution in [3.8, 4) is 11.5 Å². The number of hydrogen-bond acceptors (Lipinski definition) is 4. The van der Waals surface area contributed by atoms with Gasteiger partial charge in [-0.15, -0.1) is 0 Å². The molecule has 0 aromatic carbocycles. The molecular weight excluding hydrogens is 252 g/mol. The Balaban J connectivity index is 1.86. The molecule has 20 heavy (non-hydrogen) atoms. The largest absolute Gasteiger partial charge is 0.449 e. The summed E-state index contributed by atoms with van der Waals surface area (Å²) in [5, 5.41) is 0. The van der Waals surface area contributed by atoms with E-state index in [0.29, 0.717) is 5.89 Å². The van der Waals surface area contributed by atoms with E-state index >= 15 is 0 Å². The second-order valence-electron chi connectivity index (χ2n) is 4.82. The SMILES string of the molecule is Cc1nc(-c2nccn2C(C)Cc2cccnc2)co1. The molecule has 5 heteroatoms. The number of pyridine rings is 1. The van der Waals surface area contributed by atoms with Gasteiger partial charge in [0.1, 0.15) is 12.0 Å². The predicted octanol–water partition coefficient (Wildman–Crippen LogP) is 3.05. The lowest BCUT2D eigenvalue weighted by atomic mass is 10.1. The van der Waals surface area contributed by atoms with Gasteiger partial charge in [-0.25, -0.2) is 9.97 Å². The van der Waals surface area contributed by atoms with Crippen molar-refractivity contribution in [3.05, 3.63) is 54.6 Å². The maximum Gasteiger partial charge on any atom is 0.191 e. The fourth-order valence-electron chi connectivity index (χ4n) is 2.29. The van der Waals surface area contributed by atoms with Gasteiger partial charge in [0.15, 0.2) is 11.7 Å². The smallest absolute Gasteiger partial charge is 0.191 e. The molecule has 0 aliphatic carbocycles. The van der Waals surface area contributed by atoms with Gasteiger partial charge in [0.05, 0.1) is 0 Å². The molecule has 0 saturated carbocycles. The molecule has 0 aliphatic heterocycles. The summed E-state index contributed by atoms with van der Waals surface area (Å²) in [5.41, 5.74) is 1.97. The van der Waals surface area contributed by atoms with Gasteiger partial charge in [0.25, 0.3) is 0 Å². The first-order valence-corrected chi connectivity index (χ1v) is 6.58. The summed E-state index contributed by atoms with van der Waals surface area (Å²) >= 11 is 0. The van der Waals surface area contributed by atoms with E-state index in [0.717, 1.165) is 17.9 Å². The number of oxazole rings is 1. The zero-order valence-electron chi connectivity index (χ0n) is 11.5. The number of rotatable bonds is 4. The molecule has 3 heterocycles. The van der Waals surface area contributed by atoms with Crippen LogP contribution in [-0.4, -0.2) is 19.5 Å². The second-order valence-corrected chi connectivity index (χ2v) is 4.82. The van der Waals surface area contributed by atoms with Gasteiger partial charge in [-0.2, -0.15) is 0 Å². The highest BCUT2D eigenvalue weighted by Gasteiger charge is 2.15. The van der Waals surface area contributed by atoms with Crippen LogP contribution in [0.5, 0.6) is 0 Å². The molecule has 3 rings (SSSR count). The number of aromatic nitrogens is 4. The summed E-state index contributed by atoms with van der Waals surface area (Å²) in [6.45, 7) is 3.99. The van der Waals surface area contributed by atoms with Crippen molar-refractivity contribution in [1.29, 1.82) is 0 Å². The van der Waals surface area contributed by atoms with Crippen LogP contribution >= 0.6 is 0 Å². The van der Waals surface area contributed by atoms with E-state index in [9.17, 15) is 0 Å². The van der Waals surface area contributed by atoms with Gasteiger partial charge < -0.3 is 8.98 Å². The Morgan fingerprint density at radius 3 is 2.95 bits per heavy atom. The van der Waals surface area contributed by atoms with Crippen LogP contribution in [0.3, 0.4) is 0 Å². The molecule has 3 aromatic heterocycles. The molecule has 0 amide bonds. The summed E-state index contributed by atoms with van der Waals surface area (Å²) in [7, 11) is 0. The van der Waals surface area contributed by atoms with E-state index in [1.165, 1.54) is 5.56 Å². The molecule has 0 radical (unpaired) electrons. The van der Waals surface area contributed by atoms with E-state index in [4.69, 9.17) is 4.42 Å². The molecule has 1 unspecified atom stereocenters. The van der Waals surface area contributed by atoms with Crippen molar-refractivity contribution in [1.82, 2.24) is 19.5 Å². The van der Waals surface area contributed by atoms with Crippen molar-refractivity contribution in [3.63, 3.8) is 0 Å². The van der Waals surface area contributed by atoms with Gasteiger partial charge in [-0.05, 0) is 25.0 Å². The fraction of sp³-hybridized carbons (Fsp3) is 0.267. The van der Waals surface area contributed by atoms with Gasteiger partial charge in [0.2, 0.25) is 0 Å². The van der Waals surface area contributed by atoms with Crippen LogP contribution in [0.2, 0.25) is 0 Å². The molecule has 1 atom stereocenters. The fourth-order valence-corrected chi connectivity index (χ4v) is 2.29. The summed E-state index contributed by atoms with van der Waals surface area (Å²) < 4.78 is 7.38. The molecule has 5 nitrogen and oxygen atoms in total. The minimum atomic E-state index is 0.272. The topological polar surface area (TPSA) is 56.7 Å². The van der Waals surface area contributed by atoms with Gasteiger partial charge >= 0.3 is 0 Å². The monoisotopic (exact) mass is 268 g/mol. The minimum absolute atomic E-state index is 0.272. The zero-order chi connectivity index (χ0) is 13.9. The van der Waals surface area contributed by atoms with Crippen molar-refractivity contribution in [2.45, 2.75) is 26.3 Å². The zero-order valence-corrected chi connectivity index (χ0v) is 11.5. The Hall–Kier alpha value is -2.43. The van der Waals surface area contributed by atoms with Gasteiger partial charge in [-0.3, -0.25) is 4.98 Å². The summed E-state index contributed by atoms with van der Waals surface area (Å²) in [5.74, 6) is 1.48. The molecule has 102 valence electrons. The maximum atomic E-state index is 5.27.